The Bertz CT molecular complexity index is 2000. The van der Waals surface area contributed by atoms with E-state index in [1.54, 1.807) is 19.1 Å². The van der Waals surface area contributed by atoms with Crippen LogP contribution in [0.15, 0.2) is 54.6 Å². The number of ether oxygens (including phenoxy) is 1. The van der Waals surface area contributed by atoms with Crippen LogP contribution < -0.4 is 17.2 Å². The number of nitrogens with one attached hydrogen (secondary N) is 1. The molecule has 0 radical (unpaired) electrons. The molecule has 0 bridgehead atoms. The number of benzene rings is 3. The van der Waals surface area contributed by atoms with E-state index >= 15 is 0 Å². The Morgan fingerprint density at radius 1 is 0.827 bits per heavy atom. The predicted octanol–water partition coefficient (Wildman–Crippen LogP) is 4.55. The van der Waals surface area contributed by atoms with Crippen molar-refractivity contribution in [1.29, 1.82) is 10.5 Å². The number of nitriles is 2. The van der Waals surface area contributed by atoms with Crippen molar-refractivity contribution < 1.29 is 52.8 Å². The maximum atomic E-state index is 12.5. The minimum absolute atomic E-state index is 0. The molecule has 4 aromatic rings. The number of nitrogens with zero attached hydrogens (tertiary/aromatic N) is 4. The topological polar surface area (TPSA) is 275 Å². The molecular formula is C27H28F6N8Na2O7S2. The summed E-state index contributed by atoms with van der Waals surface area (Å²) in [5.74, 6) is -6.17. The van der Waals surface area contributed by atoms with E-state index in [0.29, 0.717) is 29.8 Å². The van der Waals surface area contributed by atoms with Gasteiger partial charge in [-0.15, -0.1) is 0 Å². The van der Waals surface area contributed by atoms with Gasteiger partial charge in [0.05, 0.1) is 46.3 Å². The second-order valence-electron chi connectivity index (χ2n) is 7.78. The van der Waals surface area contributed by atoms with E-state index in [4.69, 9.17) is 44.6 Å². The summed E-state index contributed by atoms with van der Waals surface area (Å²) >= 11 is 2.89. The molecular weight excluding hydrogens is 772 g/mol. The van der Waals surface area contributed by atoms with Gasteiger partial charge in [-0.3, -0.25) is 10.1 Å². The van der Waals surface area contributed by atoms with Gasteiger partial charge >= 0.3 is 62.1 Å². The molecule has 0 unspecified atom stereocenters. The van der Waals surface area contributed by atoms with Crippen molar-refractivity contribution in [2.45, 2.75) is 21.8 Å². The second kappa shape index (κ2) is 29.3. The number of nitrogen functional groups attached to an aromatic ring is 3. The molecule has 0 fully saturated rings. The number of anilines is 3. The molecule has 0 amide bonds. The Hall–Kier alpha value is -4.33. The molecule has 0 aliphatic heterocycles. The fourth-order valence-electron chi connectivity index (χ4n) is 2.46. The van der Waals surface area contributed by atoms with Gasteiger partial charge in [0.1, 0.15) is 24.1 Å². The molecule has 7 N–H and O–H groups in total. The minimum atomic E-state index is -2.95. The number of hydrogen-bond donors (Lipinski definition) is 4. The third kappa shape index (κ3) is 21.1. The van der Waals surface area contributed by atoms with Crippen LogP contribution in [0.25, 0.3) is 11.0 Å². The molecule has 0 saturated heterocycles. The van der Waals surface area contributed by atoms with E-state index < -0.39 is 64.0 Å². The molecule has 52 heavy (non-hydrogen) atoms. The Morgan fingerprint density at radius 3 is 1.60 bits per heavy atom. The molecule has 0 saturated carbocycles. The number of nitro benzene ring substituents is 1. The maximum absolute atomic E-state index is 12.5. The van der Waals surface area contributed by atoms with Gasteiger partial charge in [0, 0.05) is 30.3 Å². The van der Waals surface area contributed by atoms with Crippen molar-refractivity contribution >= 4 is 95.9 Å². The van der Waals surface area contributed by atoms with Crippen LogP contribution in [0.2, 0.25) is 0 Å². The summed E-state index contributed by atoms with van der Waals surface area (Å²) in [6, 6.07) is 8.19. The van der Waals surface area contributed by atoms with E-state index in [1.165, 1.54) is 49.9 Å². The van der Waals surface area contributed by atoms with Crippen molar-refractivity contribution in [3.63, 3.8) is 0 Å². The summed E-state index contributed by atoms with van der Waals surface area (Å²) in [6.07, 6.45) is 2.55. The van der Waals surface area contributed by atoms with Crippen LogP contribution in [0.4, 0.5) is 49.1 Å². The number of nitro groups is 1. The fourth-order valence-corrected chi connectivity index (χ4v) is 2.46. The third-order valence-electron chi connectivity index (χ3n) is 4.57. The van der Waals surface area contributed by atoms with E-state index in [9.17, 15) is 36.5 Å². The van der Waals surface area contributed by atoms with Crippen LogP contribution in [0.1, 0.15) is 21.8 Å². The molecule has 15 nitrogen and oxygen atoms in total. The third-order valence-corrected chi connectivity index (χ3v) is 5.46. The molecule has 0 spiro atoms. The first kappa shape index (κ1) is 54.4. The summed E-state index contributed by atoms with van der Waals surface area (Å²) in [7, 11) is -5.90. The zero-order valence-electron chi connectivity index (χ0n) is 25.8. The summed E-state index contributed by atoms with van der Waals surface area (Å²) < 4.78 is 115. The van der Waals surface area contributed by atoms with Crippen molar-refractivity contribution in [3.8, 4) is 12.1 Å². The molecule has 1 heterocycles. The van der Waals surface area contributed by atoms with E-state index in [2.05, 4.69) is 14.7 Å². The molecule has 1 aromatic heterocycles. The fraction of sp³-hybridized carbons (Fsp3) is 0.148. The summed E-state index contributed by atoms with van der Waals surface area (Å²) in [4.78, 5) is 15.7. The van der Waals surface area contributed by atoms with Crippen LogP contribution in [-0.4, -0.2) is 82.0 Å². The molecule has 3 aromatic carbocycles. The first-order valence-corrected chi connectivity index (χ1v) is 23.5. The van der Waals surface area contributed by atoms with Gasteiger partial charge in [0.2, 0.25) is 0 Å². The summed E-state index contributed by atoms with van der Waals surface area (Å²) in [6.45, 7) is 2.26. The van der Waals surface area contributed by atoms with E-state index in [-0.39, 0.29) is 37.5 Å². The number of fused-ring (bicyclic) bond motifs is 1. The van der Waals surface area contributed by atoms with Gasteiger partial charge in [-0.25, -0.2) is 31.3 Å². The second-order valence-corrected chi connectivity index (χ2v) is 10.2. The number of nitrogens with two attached hydrogens (primary N) is 3. The Kier molecular flexibility index (Phi) is 30.6. The molecule has 274 valence electrons. The summed E-state index contributed by atoms with van der Waals surface area (Å²) in [5, 5.41) is 26.4. The zero-order valence-corrected chi connectivity index (χ0v) is 31.4. The number of allylic oxidation sites excluding steroid dienone is 1. The van der Waals surface area contributed by atoms with Gasteiger partial charge in [0.25, 0.3) is 5.69 Å². The van der Waals surface area contributed by atoms with Gasteiger partial charge < -0.3 is 26.9 Å². The van der Waals surface area contributed by atoms with Crippen molar-refractivity contribution in [2.24, 2.45) is 0 Å². The number of halogens is 6. The molecule has 0 aliphatic carbocycles. The molecule has 4 rings (SSSR count). The van der Waals surface area contributed by atoms with Gasteiger partial charge in [0.15, 0.2) is 40.5 Å². The standard InChI is InChI=1S/C7H4F2N2.C6H4F2N2O2.C6H6F2N2.C6H6N2O.2CH4.2Na.O4S2/c8-4-1-6-7(2-5(4)9)11-3-10-6;7-3-1-5(9)6(10(11)12)2-4(3)8;7-3-1-5(9)6(10)2-4(3)8;1-2-9-5-6(3-7)4-8;;;;;1-5(2)6(3)4/h1-3H,(H,10,11);1-2H,9H2;1-2H,9-10H2;5H,2H2,1H3;2*1H4;;;. The number of aromatic nitrogens is 2. The molecule has 0 atom stereocenters. The monoisotopic (exact) mass is 800 g/mol. The van der Waals surface area contributed by atoms with Gasteiger partial charge in [-0.05, 0) is 6.92 Å². The van der Waals surface area contributed by atoms with Crippen LogP contribution in [0, 0.1) is 67.7 Å². The normalized spacial score (nSPS) is 8.56. The Balaban J connectivity index is -0.000000275. The number of hydrogen-bond acceptors (Lipinski definition) is 13. The van der Waals surface area contributed by atoms with Crippen molar-refractivity contribution in [3.05, 3.63) is 99.6 Å². The van der Waals surface area contributed by atoms with E-state index in [1.807, 2.05) is 0 Å². The van der Waals surface area contributed by atoms with Crippen LogP contribution in [-0.2, 0) is 23.3 Å². The number of aromatic amines is 1. The van der Waals surface area contributed by atoms with Crippen LogP contribution in [0.5, 0.6) is 0 Å². The van der Waals surface area contributed by atoms with Crippen molar-refractivity contribution in [2.75, 3.05) is 23.8 Å². The summed E-state index contributed by atoms with van der Waals surface area (Å²) in [5.41, 5.74) is 15.4. The number of imidazole rings is 1. The van der Waals surface area contributed by atoms with Crippen LogP contribution >= 0.6 is 0 Å². The van der Waals surface area contributed by atoms with E-state index in [0.717, 1.165) is 30.5 Å². The predicted molar refractivity (Wildman–Crippen MR) is 182 cm³/mol. The SMILES string of the molecule is C.C.CCOC=C(C#N)C#N.Fc1cc2nc[nH]c2cc1F.Nc1cc(F)c(F)cc1N.Nc1cc(F)c(F)cc1[N+](=O)[O-].O=S(=O)=S(=O)=O.[Na][Na]. The Labute approximate surface area is 324 Å². The first-order chi connectivity index (χ1) is 23.4. The quantitative estimate of drug-likeness (QED) is 0.0422. The average Bonchev–Trinajstić information content (AvgIpc) is 3.51. The average molecular weight is 801 g/mol. The van der Waals surface area contributed by atoms with Crippen molar-refractivity contribution in [1.82, 2.24) is 9.97 Å². The molecule has 25 heteroatoms. The van der Waals surface area contributed by atoms with Crippen LogP contribution in [0.3, 0.4) is 0 Å². The first-order valence-electron chi connectivity index (χ1n) is 12.9. The van der Waals surface area contributed by atoms with Gasteiger partial charge in [-0.2, -0.15) is 27.4 Å². The van der Waals surface area contributed by atoms with Gasteiger partial charge in [-0.1, -0.05) is 14.9 Å². The molecule has 0 aliphatic rings. The zero-order chi connectivity index (χ0) is 39.1. The number of H-pyrrole nitrogens is 1. The number of rotatable bonds is 3. The Morgan fingerprint density at radius 2 is 1.21 bits per heavy atom.